The lowest BCUT2D eigenvalue weighted by atomic mass is 9.91. The van der Waals surface area contributed by atoms with Crippen LogP contribution in [-0.4, -0.2) is 95.1 Å². The van der Waals surface area contributed by atoms with Crippen molar-refractivity contribution in [2.75, 3.05) is 63.8 Å². The molecule has 1 saturated carbocycles. The fourth-order valence-corrected chi connectivity index (χ4v) is 5.82. The van der Waals surface area contributed by atoms with Crippen LogP contribution in [-0.2, 0) is 11.3 Å². The second-order valence-electron chi connectivity index (χ2n) is 10.7. The molecule has 3 aromatic rings. The summed E-state index contributed by atoms with van der Waals surface area (Å²) in [4.78, 5) is 27.4. The largest absolute Gasteiger partial charge is 0.340 e. The van der Waals surface area contributed by atoms with Gasteiger partial charge in [-0.05, 0) is 37.5 Å². The van der Waals surface area contributed by atoms with Gasteiger partial charge in [-0.15, -0.1) is 0 Å². The molecular formula is C29H38N6O. The highest BCUT2D eigenvalue weighted by Gasteiger charge is 2.30. The molecule has 0 radical (unpaired) electrons. The molecule has 3 aliphatic rings. The predicted molar refractivity (Wildman–Crippen MR) is 144 cm³/mol. The fraction of sp³-hybridized carbons (Fsp3) is 0.517. The average Bonchev–Trinajstić information content (AvgIpc) is 3.23. The van der Waals surface area contributed by atoms with E-state index in [2.05, 4.69) is 79.6 Å². The van der Waals surface area contributed by atoms with Gasteiger partial charge in [0.05, 0.1) is 24.1 Å². The standard InChI is InChI=1S/C29H38N6O/c1-23-9-11-24(12-10-23)21-35-27-8-3-2-7-26(27)30-29(35)34-15-13-31(14-16-34)22-28(36)33-19-17-32(18-20-33)25-5-4-6-25/h2-3,7-12,25H,4-6,13-22H2,1H3. The molecule has 0 N–H and O–H groups in total. The van der Waals surface area contributed by atoms with E-state index in [0.717, 1.165) is 76.4 Å². The van der Waals surface area contributed by atoms with Gasteiger partial charge in [-0.2, -0.15) is 0 Å². The highest BCUT2D eigenvalue weighted by atomic mass is 16.2. The van der Waals surface area contributed by atoms with Gasteiger partial charge in [0, 0.05) is 58.4 Å². The van der Waals surface area contributed by atoms with Crippen molar-refractivity contribution in [3.63, 3.8) is 0 Å². The van der Waals surface area contributed by atoms with Gasteiger partial charge in [0.25, 0.3) is 0 Å². The second kappa shape index (κ2) is 10.2. The Morgan fingerprint density at radius 1 is 0.889 bits per heavy atom. The predicted octanol–water partition coefficient (Wildman–Crippen LogP) is 3.21. The SMILES string of the molecule is Cc1ccc(Cn2c(N3CCN(CC(=O)N4CCN(C5CCC5)CC4)CC3)nc3ccccc32)cc1. The molecule has 36 heavy (non-hydrogen) atoms. The van der Waals surface area contributed by atoms with Gasteiger partial charge in [0.1, 0.15) is 0 Å². The minimum atomic E-state index is 0.295. The summed E-state index contributed by atoms with van der Waals surface area (Å²) in [6.07, 6.45) is 4.06. The van der Waals surface area contributed by atoms with Crippen LogP contribution in [0.3, 0.4) is 0 Å². The quantitative estimate of drug-likeness (QED) is 0.536. The number of hydrogen-bond acceptors (Lipinski definition) is 5. The molecule has 190 valence electrons. The van der Waals surface area contributed by atoms with Crippen molar-refractivity contribution in [1.82, 2.24) is 24.3 Å². The summed E-state index contributed by atoms with van der Waals surface area (Å²) in [6.45, 7) is 10.9. The minimum absolute atomic E-state index is 0.295. The Hall–Kier alpha value is -2.90. The number of benzene rings is 2. The number of amides is 1. The van der Waals surface area contributed by atoms with Gasteiger partial charge < -0.3 is 14.4 Å². The summed E-state index contributed by atoms with van der Waals surface area (Å²) in [5.41, 5.74) is 4.78. The van der Waals surface area contributed by atoms with Crippen LogP contribution in [0.15, 0.2) is 48.5 Å². The molecule has 7 nitrogen and oxygen atoms in total. The number of carbonyl (C=O) groups excluding carboxylic acids is 1. The van der Waals surface area contributed by atoms with Crippen molar-refractivity contribution in [2.45, 2.75) is 38.8 Å². The molecule has 0 spiro atoms. The van der Waals surface area contributed by atoms with E-state index < -0.39 is 0 Å². The molecule has 3 fully saturated rings. The topological polar surface area (TPSA) is 47.9 Å². The number of hydrogen-bond donors (Lipinski definition) is 0. The second-order valence-corrected chi connectivity index (χ2v) is 10.7. The lowest BCUT2D eigenvalue weighted by molar-refractivity contribution is -0.134. The van der Waals surface area contributed by atoms with Gasteiger partial charge in [-0.3, -0.25) is 14.6 Å². The number of piperazine rings is 2. The monoisotopic (exact) mass is 486 g/mol. The molecule has 0 atom stereocenters. The number of para-hydroxylation sites is 2. The Morgan fingerprint density at radius 2 is 1.61 bits per heavy atom. The molecule has 0 bridgehead atoms. The van der Waals surface area contributed by atoms with Crippen LogP contribution in [0.2, 0.25) is 0 Å². The van der Waals surface area contributed by atoms with Crippen LogP contribution in [0.5, 0.6) is 0 Å². The summed E-state index contributed by atoms with van der Waals surface area (Å²) in [6, 6.07) is 18.0. The smallest absolute Gasteiger partial charge is 0.236 e. The van der Waals surface area contributed by atoms with Crippen LogP contribution in [0.25, 0.3) is 11.0 Å². The van der Waals surface area contributed by atoms with Gasteiger partial charge in [0.15, 0.2) is 0 Å². The third-order valence-electron chi connectivity index (χ3n) is 8.37. The summed E-state index contributed by atoms with van der Waals surface area (Å²) in [7, 11) is 0. The maximum atomic E-state index is 13.0. The minimum Gasteiger partial charge on any atom is -0.340 e. The van der Waals surface area contributed by atoms with E-state index in [0.29, 0.717) is 12.5 Å². The zero-order valence-corrected chi connectivity index (χ0v) is 21.5. The van der Waals surface area contributed by atoms with E-state index in [1.807, 2.05) is 0 Å². The maximum absolute atomic E-state index is 13.0. The molecular weight excluding hydrogens is 448 g/mol. The molecule has 2 aliphatic heterocycles. The summed E-state index contributed by atoms with van der Waals surface area (Å²) in [5, 5.41) is 0. The first-order valence-electron chi connectivity index (χ1n) is 13.6. The first-order chi connectivity index (χ1) is 17.6. The zero-order valence-electron chi connectivity index (χ0n) is 21.5. The molecule has 1 aromatic heterocycles. The maximum Gasteiger partial charge on any atom is 0.236 e. The summed E-state index contributed by atoms with van der Waals surface area (Å²) < 4.78 is 2.35. The lowest BCUT2D eigenvalue weighted by Gasteiger charge is -2.43. The van der Waals surface area contributed by atoms with Crippen LogP contribution in [0, 0.1) is 6.92 Å². The number of carbonyl (C=O) groups is 1. The van der Waals surface area contributed by atoms with Crippen LogP contribution >= 0.6 is 0 Å². The molecule has 7 heteroatoms. The number of rotatable bonds is 6. The molecule has 3 heterocycles. The normalized spacial score (nSPS) is 20.1. The van der Waals surface area contributed by atoms with E-state index >= 15 is 0 Å². The fourth-order valence-electron chi connectivity index (χ4n) is 5.82. The Kier molecular flexibility index (Phi) is 6.67. The number of imidazole rings is 1. The Balaban J connectivity index is 1.08. The Labute approximate surface area is 214 Å². The van der Waals surface area contributed by atoms with E-state index in [9.17, 15) is 4.79 Å². The average molecular weight is 487 g/mol. The molecule has 1 aliphatic carbocycles. The Morgan fingerprint density at radius 3 is 2.31 bits per heavy atom. The number of fused-ring (bicyclic) bond motifs is 1. The lowest BCUT2D eigenvalue weighted by Crippen LogP contribution is -2.56. The summed E-state index contributed by atoms with van der Waals surface area (Å²) >= 11 is 0. The number of anilines is 1. The highest BCUT2D eigenvalue weighted by molar-refractivity contribution is 5.79. The van der Waals surface area contributed by atoms with Crippen molar-refractivity contribution in [2.24, 2.45) is 0 Å². The molecule has 1 amide bonds. The highest BCUT2D eigenvalue weighted by Crippen LogP contribution is 2.26. The Bertz CT molecular complexity index is 1180. The van der Waals surface area contributed by atoms with Crippen molar-refractivity contribution in [1.29, 1.82) is 0 Å². The van der Waals surface area contributed by atoms with E-state index in [1.165, 1.54) is 35.9 Å². The van der Waals surface area contributed by atoms with Crippen LogP contribution in [0.4, 0.5) is 5.95 Å². The molecule has 2 aromatic carbocycles. The third kappa shape index (κ3) is 4.87. The first-order valence-corrected chi connectivity index (χ1v) is 13.6. The summed E-state index contributed by atoms with van der Waals surface area (Å²) in [5.74, 6) is 1.33. The van der Waals surface area contributed by atoms with Crippen molar-refractivity contribution >= 4 is 22.9 Å². The van der Waals surface area contributed by atoms with E-state index in [-0.39, 0.29) is 0 Å². The molecule has 2 saturated heterocycles. The third-order valence-corrected chi connectivity index (χ3v) is 8.37. The number of aryl methyl sites for hydroxylation is 1. The molecule has 6 rings (SSSR count). The zero-order chi connectivity index (χ0) is 24.5. The number of nitrogens with zero attached hydrogens (tertiary/aromatic N) is 6. The van der Waals surface area contributed by atoms with Crippen LogP contribution in [0.1, 0.15) is 30.4 Å². The van der Waals surface area contributed by atoms with Gasteiger partial charge in [0.2, 0.25) is 11.9 Å². The molecule has 0 unspecified atom stereocenters. The van der Waals surface area contributed by atoms with Gasteiger partial charge in [-0.1, -0.05) is 48.4 Å². The van der Waals surface area contributed by atoms with Crippen LogP contribution < -0.4 is 4.90 Å². The first kappa shape index (κ1) is 23.5. The van der Waals surface area contributed by atoms with Crippen molar-refractivity contribution in [3.8, 4) is 0 Å². The van der Waals surface area contributed by atoms with Crippen molar-refractivity contribution in [3.05, 3.63) is 59.7 Å². The van der Waals surface area contributed by atoms with Gasteiger partial charge >= 0.3 is 0 Å². The van der Waals surface area contributed by atoms with Crippen molar-refractivity contribution < 1.29 is 4.79 Å². The number of aromatic nitrogens is 2. The van der Waals surface area contributed by atoms with E-state index in [4.69, 9.17) is 4.98 Å². The van der Waals surface area contributed by atoms with Gasteiger partial charge in [-0.25, -0.2) is 4.98 Å². The van der Waals surface area contributed by atoms with E-state index in [1.54, 1.807) is 0 Å².